The van der Waals surface area contributed by atoms with Crippen LogP contribution in [-0.4, -0.2) is 49.1 Å². The molecule has 2 aliphatic rings. The van der Waals surface area contributed by atoms with Crippen molar-refractivity contribution in [3.05, 3.63) is 58.3 Å². The summed E-state index contributed by atoms with van der Waals surface area (Å²) in [5.74, 6) is 0. The molecule has 5 heterocycles. The van der Waals surface area contributed by atoms with Gasteiger partial charge in [0.1, 0.15) is 11.3 Å². The van der Waals surface area contributed by atoms with Gasteiger partial charge in [-0.2, -0.15) is 5.10 Å². The van der Waals surface area contributed by atoms with Crippen LogP contribution in [0.3, 0.4) is 0 Å². The van der Waals surface area contributed by atoms with Crippen LogP contribution in [0.5, 0.6) is 0 Å². The highest BCUT2D eigenvalue weighted by atomic mass is 16.1. The van der Waals surface area contributed by atoms with Gasteiger partial charge >= 0.3 is 0 Å². The maximum absolute atomic E-state index is 13.1. The Labute approximate surface area is 178 Å². The number of rotatable bonds is 2. The third-order valence-corrected chi connectivity index (χ3v) is 5.61. The van der Waals surface area contributed by atoms with Crippen molar-refractivity contribution in [1.29, 1.82) is 0 Å². The predicted octanol–water partition coefficient (Wildman–Crippen LogP) is 1.96. The van der Waals surface area contributed by atoms with E-state index in [1.54, 1.807) is 16.6 Å². The maximum Gasteiger partial charge on any atom is 0.258 e. The number of fused-ring (bicyclic) bond motifs is 2. The van der Waals surface area contributed by atoms with Crippen molar-refractivity contribution in [2.45, 2.75) is 32.2 Å². The molecule has 1 aliphatic carbocycles. The van der Waals surface area contributed by atoms with Crippen LogP contribution in [0.15, 0.2) is 41.5 Å². The van der Waals surface area contributed by atoms with E-state index in [1.165, 1.54) is 21.6 Å². The van der Waals surface area contributed by atoms with Crippen molar-refractivity contribution in [3.8, 4) is 11.4 Å². The summed E-state index contributed by atoms with van der Waals surface area (Å²) in [7, 11) is 0. The van der Waals surface area contributed by atoms with E-state index in [-0.39, 0.29) is 12.1 Å². The molecular formula is C22H23N7O. The van der Waals surface area contributed by atoms with Crippen LogP contribution in [0, 0.1) is 13.8 Å². The molecule has 8 heteroatoms. The molecule has 0 radical (unpaired) electrons. The fourth-order valence-corrected chi connectivity index (χ4v) is 3.88. The molecule has 4 aromatic rings. The van der Waals surface area contributed by atoms with Gasteiger partial charge in [-0.3, -0.25) is 9.20 Å². The summed E-state index contributed by atoms with van der Waals surface area (Å²) in [6, 6.07) is 6.59. The van der Waals surface area contributed by atoms with Gasteiger partial charge in [0.15, 0.2) is 5.65 Å². The van der Waals surface area contributed by atoms with Gasteiger partial charge in [0, 0.05) is 40.1 Å². The average Bonchev–Trinajstić information content (AvgIpc) is 3.43. The van der Waals surface area contributed by atoms with Crippen LogP contribution < -0.4 is 15.8 Å². The molecule has 0 bridgehead atoms. The molecule has 0 atom stereocenters. The molecule has 2 fully saturated rings. The Bertz CT molecular complexity index is 1540. The lowest BCUT2D eigenvalue weighted by Gasteiger charge is -2.35. The summed E-state index contributed by atoms with van der Waals surface area (Å²) in [5.41, 5.74) is 3.06. The second-order valence-electron chi connectivity index (χ2n) is 8.04. The zero-order valence-electron chi connectivity index (χ0n) is 20.7. The molecule has 1 saturated heterocycles. The van der Waals surface area contributed by atoms with Crippen molar-refractivity contribution in [2.24, 2.45) is 0 Å². The number of piperazine rings is 1. The highest BCUT2D eigenvalue weighted by Gasteiger charge is 2.45. The monoisotopic (exact) mass is 405 g/mol. The number of hydrogen-bond acceptors (Lipinski definition) is 6. The Kier molecular flexibility index (Phi) is 2.83. The third-order valence-electron chi connectivity index (χ3n) is 5.61. The number of imidazole rings is 1. The molecule has 4 aromatic heterocycles. The molecule has 1 saturated carbocycles. The number of hydrogen-bond donors (Lipinski definition) is 1. The summed E-state index contributed by atoms with van der Waals surface area (Å²) in [6.45, 7) is 0.0886. The maximum atomic E-state index is 13.1. The van der Waals surface area contributed by atoms with E-state index in [4.69, 9.17) is 5.48 Å². The quantitative estimate of drug-likeness (QED) is 0.549. The van der Waals surface area contributed by atoms with E-state index >= 15 is 0 Å². The number of nitrogens with one attached hydrogen (secondary N) is 1. The van der Waals surface area contributed by atoms with Crippen molar-refractivity contribution < 1.29 is 5.48 Å². The Balaban J connectivity index is 1.44. The molecule has 8 nitrogen and oxygen atoms in total. The normalized spacial score (nSPS) is 23.2. The number of anilines is 1. The van der Waals surface area contributed by atoms with Gasteiger partial charge in [-0.05, 0) is 50.5 Å². The van der Waals surface area contributed by atoms with Gasteiger partial charge in [0.25, 0.3) is 5.56 Å². The summed E-state index contributed by atoms with van der Waals surface area (Å²) >= 11 is 0. The number of pyridine rings is 1. The fraction of sp³-hybridized carbons (Fsp3) is 0.364. The minimum absolute atomic E-state index is 0.180. The molecule has 6 rings (SSSR count). The molecular weight excluding hydrogens is 378 g/mol. The smallest absolute Gasteiger partial charge is 0.258 e. The Hall–Kier alpha value is -3.26. The predicted molar refractivity (Wildman–Crippen MR) is 115 cm³/mol. The molecule has 0 amide bonds. The molecule has 1 N–H and O–H groups in total. The van der Waals surface area contributed by atoms with E-state index in [0.29, 0.717) is 35.6 Å². The molecule has 152 valence electrons. The fourth-order valence-electron chi connectivity index (χ4n) is 3.88. The van der Waals surface area contributed by atoms with Gasteiger partial charge in [-0.1, -0.05) is 0 Å². The third kappa shape index (κ3) is 2.79. The summed E-state index contributed by atoms with van der Waals surface area (Å²) in [4.78, 5) is 23.6. The van der Waals surface area contributed by atoms with Crippen LogP contribution in [0.25, 0.3) is 22.7 Å². The largest absolute Gasteiger partial charge is 0.367 e. The first-order valence-corrected chi connectivity index (χ1v) is 9.93. The number of aryl methyl sites for hydroxylation is 2. The van der Waals surface area contributed by atoms with Gasteiger partial charge in [0.05, 0.1) is 26.0 Å². The van der Waals surface area contributed by atoms with Crippen LogP contribution >= 0.6 is 0 Å². The first-order chi connectivity index (χ1) is 16.0. The minimum atomic E-state index is -1.80. The van der Waals surface area contributed by atoms with E-state index in [0.717, 1.165) is 16.9 Å². The average molecular weight is 405 g/mol. The second-order valence-corrected chi connectivity index (χ2v) is 8.04. The molecule has 1 spiro atoms. The van der Waals surface area contributed by atoms with E-state index in [2.05, 4.69) is 20.4 Å². The number of aromatic nitrogens is 5. The van der Waals surface area contributed by atoms with Gasteiger partial charge in [0.2, 0.25) is 0 Å². The highest BCUT2D eigenvalue weighted by Crippen LogP contribution is 2.38. The van der Waals surface area contributed by atoms with Crippen molar-refractivity contribution in [2.75, 3.05) is 24.4 Å². The lowest BCUT2D eigenvalue weighted by Crippen LogP contribution is -2.52. The zero-order chi connectivity index (χ0) is 24.0. The Morgan fingerprint density at radius 2 is 2.00 bits per heavy atom. The Morgan fingerprint density at radius 3 is 2.83 bits per heavy atom. The van der Waals surface area contributed by atoms with E-state index < -0.39 is 18.5 Å². The minimum Gasteiger partial charge on any atom is -0.367 e. The molecule has 30 heavy (non-hydrogen) atoms. The van der Waals surface area contributed by atoms with Crippen LogP contribution in [0.1, 0.15) is 29.6 Å². The zero-order valence-corrected chi connectivity index (χ0v) is 16.7. The van der Waals surface area contributed by atoms with Crippen LogP contribution in [0.2, 0.25) is 0 Å². The standard InChI is InChI=1S/C22H23N7O/c1-14-9-18(26-29-11-15(2)24-21(14)29)17-10-20(30)28-12-16(3-4-19(28)25-17)27-8-7-23-22(13-27)5-6-22/h3-4,9-12,23H,5-8,13H2,1-2H3/i7D2,13D2. The highest BCUT2D eigenvalue weighted by molar-refractivity contribution is 5.62. The lowest BCUT2D eigenvalue weighted by atomic mass is 10.1. The van der Waals surface area contributed by atoms with Crippen LogP contribution in [0.4, 0.5) is 5.69 Å². The van der Waals surface area contributed by atoms with E-state index in [9.17, 15) is 4.79 Å². The SMILES string of the molecule is [2H]C1([2H])CN(c2ccc3nc(-c4cc(C)c5nc(C)cn5n4)cc(=O)n3c2)C([2H])([2H])C2(CC2)N1. The Morgan fingerprint density at radius 1 is 1.13 bits per heavy atom. The molecule has 0 unspecified atom stereocenters. The van der Waals surface area contributed by atoms with Gasteiger partial charge in [-0.25, -0.2) is 14.5 Å². The lowest BCUT2D eigenvalue weighted by molar-refractivity contribution is 0.442. The van der Waals surface area contributed by atoms with E-state index in [1.807, 2.05) is 26.1 Å². The summed E-state index contributed by atoms with van der Waals surface area (Å²) in [6.07, 6.45) is 4.47. The first-order valence-electron chi connectivity index (χ1n) is 11.9. The van der Waals surface area contributed by atoms with Gasteiger partial charge < -0.3 is 10.2 Å². The van der Waals surface area contributed by atoms with Crippen molar-refractivity contribution >= 4 is 17.0 Å². The molecule has 0 aromatic carbocycles. The van der Waals surface area contributed by atoms with Crippen molar-refractivity contribution in [3.63, 3.8) is 0 Å². The summed E-state index contributed by atoms with van der Waals surface area (Å²) in [5, 5.41) is 7.41. The second kappa shape index (κ2) is 6.12. The summed E-state index contributed by atoms with van der Waals surface area (Å²) < 4.78 is 36.9. The van der Waals surface area contributed by atoms with Gasteiger partial charge in [-0.15, -0.1) is 0 Å². The van der Waals surface area contributed by atoms with Crippen LogP contribution in [-0.2, 0) is 0 Å². The first kappa shape index (κ1) is 13.9. The number of nitrogens with zero attached hydrogens (tertiary/aromatic N) is 6. The topological polar surface area (TPSA) is 79.8 Å². The van der Waals surface area contributed by atoms with Crippen molar-refractivity contribution in [1.82, 2.24) is 29.3 Å². The molecule has 1 aliphatic heterocycles.